The number of anilines is 2. The van der Waals surface area contributed by atoms with Gasteiger partial charge in [-0.15, -0.1) is 0 Å². The van der Waals surface area contributed by atoms with Crippen LogP contribution >= 0.6 is 11.6 Å². The van der Waals surface area contributed by atoms with Gasteiger partial charge in [0.15, 0.2) is 0 Å². The summed E-state index contributed by atoms with van der Waals surface area (Å²) in [5.74, 6) is 1.19. The molecule has 0 bridgehead atoms. The number of halogens is 1. The summed E-state index contributed by atoms with van der Waals surface area (Å²) in [4.78, 5) is 16.6. The molecule has 0 atom stereocenters. The summed E-state index contributed by atoms with van der Waals surface area (Å²) in [5.41, 5.74) is 2.15. The fraction of sp³-hybridized carbons (Fsp3) is 0.100. The second kappa shape index (κ2) is 8.36. The highest BCUT2D eigenvalue weighted by Crippen LogP contribution is 2.18. The van der Waals surface area contributed by atoms with Gasteiger partial charge in [-0.1, -0.05) is 29.8 Å². The van der Waals surface area contributed by atoms with Gasteiger partial charge in [0, 0.05) is 23.5 Å². The third kappa shape index (κ3) is 4.52. The average molecular weight is 368 g/mol. The summed E-state index contributed by atoms with van der Waals surface area (Å²) in [6.07, 6.45) is 1.54. The molecule has 3 rings (SSSR count). The minimum atomic E-state index is -0.222. The highest BCUT2D eigenvalue weighted by molar-refractivity contribution is 6.31. The Morgan fingerprint density at radius 3 is 2.50 bits per heavy atom. The molecule has 1 heterocycles. The zero-order valence-electron chi connectivity index (χ0n) is 14.2. The highest BCUT2D eigenvalue weighted by Gasteiger charge is 2.07. The van der Waals surface area contributed by atoms with Gasteiger partial charge in [-0.3, -0.25) is 4.79 Å². The number of pyridine rings is 1. The van der Waals surface area contributed by atoms with Crippen LogP contribution in [0.15, 0.2) is 66.9 Å². The number of hydrogen-bond donors (Lipinski definition) is 2. The monoisotopic (exact) mass is 367 g/mol. The van der Waals surface area contributed by atoms with E-state index >= 15 is 0 Å². The third-order valence-corrected chi connectivity index (χ3v) is 4.16. The molecule has 0 aliphatic carbocycles. The van der Waals surface area contributed by atoms with E-state index in [2.05, 4.69) is 15.6 Å². The van der Waals surface area contributed by atoms with Gasteiger partial charge >= 0.3 is 0 Å². The summed E-state index contributed by atoms with van der Waals surface area (Å²) in [7, 11) is 1.60. The molecule has 3 aromatic rings. The Bertz CT molecular complexity index is 880. The van der Waals surface area contributed by atoms with E-state index in [0.717, 1.165) is 11.3 Å². The maximum Gasteiger partial charge on any atom is 0.257 e. The van der Waals surface area contributed by atoms with Crippen LogP contribution in [0.4, 0.5) is 11.5 Å². The molecule has 0 aliphatic rings. The smallest absolute Gasteiger partial charge is 0.257 e. The molecule has 0 fully saturated rings. The molecule has 0 spiro atoms. The molecule has 0 unspecified atom stereocenters. The van der Waals surface area contributed by atoms with Crippen LogP contribution in [-0.2, 0) is 6.54 Å². The van der Waals surface area contributed by atoms with Gasteiger partial charge in [-0.2, -0.15) is 0 Å². The molecule has 2 N–H and O–H groups in total. The van der Waals surface area contributed by atoms with E-state index in [1.165, 1.54) is 6.20 Å². The van der Waals surface area contributed by atoms with Gasteiger partial charge < -0.3 is 15.4 Å². The first-order valence-corrected chi connectivity index (χ1v) is 8.42. The Morgan fingerprint density at radius 2 is 1.85 bits per heavy atom. The van der Waals surface area contributed by atoms with E-state index < -0.39 is 0 Å². The number of nitrogens with zero attached hydrogens (tertiary/aromatic N) is 1. The van der Waals surface area contributed by atoms with E-state index in [0.29, 0.717) is 28.6 Å². The van der Waals surface area contributed by atoms with Gasteiger partial charge in [0.2, 0.25) is 0 Å². The summed E-state index contributed by atoms with van der Waals surface area (Å²) in [6, 6.07) is 18.2. The fourth-order valence-corrected chi connectivity index (χ4v) is 2.54. The molecule has 132 valence electrons. The van der Waals surface area contributed by atoms with Crippen molar-refractivity contribution in [3.63, 3.8) is 0 Å². The van der Waals surface area contributed by atoms with E-state index in [1.54, 1.807) is 43.5 Å². The number of nitrogens with one attached hydrogen (secondary N) is 2. The number of aromatic nitrogens is 1. The largest absolute Gasteiger partial charge is 0.497 e. The lowest BCUT2D eigenvalue weighted by Gasteiger charge is -2.09. The van der Waals surface area contributed by atoms with Crippen LogP contribution < -0.4 is 15.4 Å². The number of amides is 1. The minimum absolute atomic E-state index is 0.222. The number of carbonyl (C=O) groups is 1. The van der Waals surface area contributed by atoms with Crippen molar-refractivity contribution in [2.45, 2.75) is 6.54 Å². The molecule has 6 heteroatoms. The first-order chi connectivity index (χ1) is 12.7. The molecule has 0 saturated carbocycles. The molecule has 0 saturated heterocycles. The van der Waals surface area contributed by atoms with Crippen LogP contribution in [0.25, 0.3) is 0 Å². The number of hydrogen-bond acceptors (Lipinski definition) is 4. The first kappa shape index (κ1) is 17.8. The Hall–Kier alpha value is -3.05. The van der Waals surface area contributed by atoms with Crippen LogP contribution in [0, 0.1) is 0 Å². The van der Waals surface area contributed by atoms with Crippen molar-refractivity contribution in [3.8, 4) is 5.75 Å². The molecule has 2 aromatic carbocycles. The zero-order chi connectivity index (χ0) is 18.4. The highest BCUT2D eigenvalue weighted by atomic mass is 35.5. The molecular formula is C20H18ClN3O2. The minimum Gasteiger partial charge on any atom is -0.497 e. The molecular weight excluding hydrogens is 350 g/mol. The van der Waals surface area contributed by atoms with E-state index in [1.807, 2.05) is 24.3 Å². The van der Waals surface area contributed by atoms with Crippen molar-refractivity contribution in [3.05, 3.63) is 83.0 Å². The zero-order valence-corrected chi connectivity index (χ0v) is 15.0. The summed E-state index contributed by atoms with van der Waals surface area (Å²) >= 11 is 6.13. The molecule has 26 heavy (non-hydrogen) atoms. The molecule has 5 nitrogen and oxygen atoms in total. The SMILES string of the molecule is COc1ccc(NC(=O)c2ccc(NCc3ccccc3Cl)nc2)cc1. The summed E-state index contributed by atoms with van der Waals surface area (Å²) < 4.78 is 5.10. The standard InChI is InChI=1S/C20H18ClN3O2/c1-26-17-9-7-16(8-10-17)24-20(25)15-6-11-19(23-13-15)22-12-14-4-2-3-5-18(14)21/h2-11,13H,12H2,1H3,(H,22,23)(H,24,25). The Kier molecular flexibility index (Phi) is 5.71. The lowest BCUT2D eigenvalue weighted by Crippen LogP contribution is -2.12. The van der Waals surface area contributed by atoms with Crippen LogP contribution in [0.1, 0.15) is 15.9 Å². The Balaban J connectivity index is 1.59. The third-order valence-electron chi connectivity index (χ3n) is 3.79. The Labute approximate surface area is 157 Å². The lowest BCUT2D eigenvalue weighted by atomic mass is 10.2. The van der Waals surface area contributed by atoms with Crippen molar-refractivity contribution in [1.82, 2.24) is 4.98 Å². The van der Waals surface area contributed by atoms with Gasteiger partial charge in [-0.25, -0.2) is 4.98 Å². The number of methoxy groups -OCH3 is 1. The van der Waals surface area contributed by atoms with Gasteiger partial charge in [-0.05, 0) is 48.0 Å². The van der Waals surface area contributed by atoms with Crippen molar-refractivity contribution >= 4 is 29.0 Å². The second-order valence-electron chi connectivity index (χ2n) is 5.56. The molecule has 1 aromatic heterocycles. The molecule has 0 radical (unpaired) electrons. The number of benzene rings is 2. The number of rotatable bonds is 6. The van der Waals surface area contributed by atoms with Gasteiger partial charge in [0.1, 0.15) is 11.6 Å². The predicted octanol–water partition coefficient (Wildman–Crippen LogP) is 4.61. The first-order valence-electron chi connectivity index (χ1n) is 8.04. The Morgan fingerprint density at radius 1 is 1.08 bits per heavy atom. The maximum atomic E-state index is 12.3. The predicted molar refractivity (Wildman–Crippen MR) is 104 cm³/mol. The van der Waals surface area contributed by atoms with Crippen LogP contribution in [-0.4, -0.2) is 18.0 Å². The van der Waals surface area contributed by atoms with Crippen LogP contribution in [0.3, 0.4) is 0 Å². The average Bonchev–Trinajstić information content (AvgIpc) is 2.68. The van der Waals surface area contributed by atoms with Crippen molar-refractivity contribution in [1.29, 1.82) is 0 Å². The fourth-order valence-electron chi connectivity index (χ4n) is 2.34. The van der Waals surface area contributed by atoms with Crippen LogP contribution in [0.2, 0.25) is 5.02 Å². The lowest BCUT2D eigenvalue weighted by molar-refractivity contribution is 0.102. The summed E-state index contributed by atoms with van der Waals surface area (Å²) in [6.45, 7) is 0.560. The topological polar surface area (TPSA) is 63.2 Å². The van der Waals surface area contributed by atoms with Gasteiger partial charge in [0.25, 0.3) is 5.91 Å². The maximum absolute atomic E-state index is 12.3. The normalized spacial score (nSPS) is 10.2. The van der Waals surface area contributed by atoms with Crippen molar-refractivity contribution < 1.29 is 9.53 Å². The summed E-state index contributed by atoms with van der Waals surface area (Å²) in [5, 5.41) is 6.72. The quantitative estimate of drug-likeness (QED) is 0.668. The molecule has 0 aliphatic heterocycles. The van der Waals surface area contributed by atoms with Gasteiger partial charge in [0.05, 0.1) is 12.7 Å². The van der Waals surface area contributed by atoms with Crippen LogP contribution in [0.5, 0.6) is 5.75 Å². The number of ether oxygens (including phenoxy) is 1. The van der Waals surface area contributed by atoms with E-state index in [-0.39, 0.29) is 5.91 Å². The second-order valence-corrected chi connectivity index (χ2v) is 5.97. The van der Waals surface area contributed by atoms with Crippen molar-refractivity contribution in [2.75, 3.05) is 17.7 Å². The van der Waals surface area contributed by atoms with Crippen molar-refractivity contribution in [2.24, 2.45) is 0 Å². The molecule has 1 amide bonds. The van der Waals surface area contributed by atoms with E-state index in [4.69, 9.17) is 16.3 Å². The van der Waals surface area contributed by atoms with E-state index in [9.17, 15) is 4.79 Å². The number of carbonyl (C=O) groups excluding carboxylic acids is 1.